The van der Waals surface area contributed by atoms with Crippen LogP contribution in [-0.2, 0) is 0 Å². The summed E-state index contributed by atoms with van der Waals surface area (Å²) in [6.45, 7) is 2.43. The molecule has 1 aliphatic carbocycles. The van der Waals surface area contributed by atoms with Crippen LogP contribution in [0.1, 0.15) is 31.2 Å². The van der Waals surface area contributed by atoms with Crippen LogP contribution in [0.4, 0.5) is 11.5 Å². The van der Waals surface area contributed by atoms with E-state index in [0.717, 1.165) is 19.3 Å². The highest BCUT2D eigenvalue weighted by Crippen LogP contribution is 2.35. The second-order valence-corrected chi connectivity index (χ2v) is 4.91. The quantitative estimate of drug-likeness (QED) is 0.629. The van der Waals surface area contributed by atoms with Crippen molar-refractivity contribution in [2.24, 2.45) is 0 Å². The Morgan fingerprint density at radius 1 is 1.58 bits per heavy atom. The van der Waals surface area contributed by atoms with Gasteiger partial charge in [0.2, 0.25) is 5.82 Å². The average Bonchev–Trinajstić information content (AvgIpc) is 2.31. The Balaban J connectivity index is 2.34. The predicted molar refractivity (Wildman–Crippen MR) is 72.3 cm³/mol. The molecular formula is C13H19N3O3. The van der Waals surface area contributed by atoms with Gasteiger partial charge in [0.1, 0.15) is 0 Å². The van der Waals surface area contributed by atoms with Crippen LogP contribution in [0.25, 0.3) is 0 Å². The molecule has 0 atom stereocenters. The smallest absolute Gasteiger partial charge is 0.314 e. The lowest BCUT2D eigenvalue weighted by Crippen LogP contribution is -2.42. The summed E-state index contributed by atoms with van der Waals surface area (Å²) in [6.07, 6.45) is 5.45. The van der Waals surface area contributed by atoms with Gasteiger partial charge in [-0.2, -0.15) is 0 Å². The minimum absolute atomic E-state index is 0.0861. The van der Waals surface area contributed by atoms with E-state index in [1.54, 1.807) is 19.2 Å². The van der Waals surface area contributed by atoms with Crippen molar-refractivity contribution in [2.75, 3.05) is 18.1 Å². The first-order chi connectivity index (χ1) is 9.15. The first-order valence-corrected chi connectivity index (χ1v) is 6.62. The number of hydrogen-bond acceptors (Lipinski definition) is 5. The fraction of sp³-hybridized carbons (Fsp3) is 0.615. The summed E-state index contributed by atoms with van der Waals surface area (Å²) in [5.74, 6) is 0.447. The molecule has 0 amide bonds. The summed E-state index contributed by atoms with van der Waals surface area (Å²) in [5.41, 5.74) is 0.718. The molecule has 0 aromatic carbocycles. The molecule has 0 bridgehead atoms. The maximum Gasteiger partial charge on any atom is 0.314 e. The van der Waals surface area contributed by atoms with Gasteiger partial charge in [0, 0.05) is 31.0 Å². The summed E-state index contributed by atoms with van der Waals surface area (Å²) < 4.78 is 0. The Morgan fingerprint density at radius 3 is 2.84 bits per heavy atom. The summed E-state index contributed by atoms with van der Waals surface area (Å²) in [6, 6.07) is 1.98. The van der Waals surface area contributed by atoms with Gasteiger partial charge < -0.3 is 10.0 Å². The van der Waals surface area contributed by atoms with E-state index in [2.05, 4.69) is 4.98 Å². The SMILES string of the molecule is Cc1ccnc(N(CCCO)C2CCC2)c1[N+](=O)[O-]. The van der Waals surface area contributed by atoms with Gasteiger partial charge in [-0.15, -0.1) is 0 Å². The number of aryl methyl sites for hydroxylation is 1. The van der Waals surface area contributed by atoms with Gasteiger partial charge in [-0.05, 0) is 38.7 Å². The topological polar surface area (TPSA) is 79.5 Å². The minimum atomic E-state index is -0.359. The van der Waals surface area contributed by atoms with Crippen LogP contribution in [0.2, 0.25) is 0 Å². The van der Waals surface area contributed by atoms with E-state index in [4.69, 9.17) is 5.11 Å². The zero-order chi connectivity index (χ0) is 13.8. The fourth-order valence-electron chi connectivity index (χ4n) is 2.37. The fourth-order valence-corrected chi connectivity index (χ4v) is 2.37. The molecule has 2 rings (SSSR count). The van der Waals surface area contributed by atoms with Crippen LogP contribution >= 0.6 is 0 Å². The van der Waals surface area contributed by atoms with Crippen LogP contribution in [0.5, 0.6) is 0 Å². The summed E-state index contributed by atoms with van der Waals surface area (Å²) in [4.78, 5) is 17.1. The largest absolute Gasteiger partial charge is 0.396 e. The number of nitrogens with zero attached hydrogens (tertiary/aromatic N) is 3. The number of anilines is 1. The Kier molecular flexibility index (Phi) is 4.31. The molecule has 1 N–H and O–H groups in total. The zero-order valence-electron chi connectivity index (χ0n) is 11.1. The number of rotatable bonds is 6. The highest BCUT2D eigenvalue weighted by Gasteiger charge is 2.31. The van der Waals surface area contributed by atoms with Crippen molar-refractivity contribution in [2.45, 2.75) is 38.6 Å². The van der Waals surface area contributed by atoms with Gasteiger partial charge in [0.25, 0.3) is 0 Å². The van der Waals surface area contributed by atoms with E-state index < -0.39 is 0 Å². The molecule has 0 spiro atoms. The summed E-state index contributed by atoms with van der Waals surface area (Å²) in [7, 11) is 0. The van der Waals surface area contributed by atoms with Crippen molar-refractivity contribution >= 4 is 11.5 Å². The number of aromatic nitrogens is 1. The Bertz CT molecular complexity index is 460. The standard InChI is InChI=1S/C13H19N3O3/c1-10-6-7-14-13(12(10)16(18)19)15(8-3-9-17)11-4-2-5-11/h6-7,11,17H,2-5,8-9H2,1H3. The lowest BCUT2D eigenvalue weighted by Gasteiger charge is -2.38. The van der Waals surface area contributed by atoms with Gasteiger partial charge in [-0.3, -0.25) is 10.1 Å². The van der Waals surface area contributed by atoms with Crippen LogP contribution in [0.3, 0.4) is 0 Å². The Morgan fingerprint density at radius 2 is 2.32 bits per heavy atom. The second-order valence-electron chi connectivity index (χ2n) is 4.91. The van der Waals surface area contributed by atoms with Gasteiger partial charge in [-0.1, -0.05) is 0 Å². The highest BCUT2D eigenvalue weighted by molar-refractivity contribution is 5.62. The maximum absolute atomic E-state index is 11.2. The van der Waals surface area contributed by atoms with Crippen LogP contribution in [-0.4, -0.2) is 34.2 Å². The van der Waals surface area contributed by atoms with E-state index in [9.17, 15) is 10.1 Å². The number of hydrogen-bond donors (Lipinski definition) is 1. The summed E-state index contributed by atoms with van der Waals surface area (Å²) >= 11 is 0. The van der Waals surface area contributed by atoms with Crippen LogP contribution in [0, 0.1) is 17.0 Å². The first-order valence-electron chi connectivity index (χ1n) is 6.62. The van der Waals surface area contributed by atoms with Crippen molar-refractivity contribution in [3.63, 3.8) is 0 Å². The van der Waals surface area contributed by atoms with Gasteiger partial charge in [0.15, 0.2) is 0 Å². The number of aliphatic hydroxyl groups excluding tert-OH is 1. The molecule has 1 saturated carbocycles. The van der Waals surface area contributed by atoms with E-state index >= 15 is 0 Å². The predicted octanol–water partition coefficient (Wildman–Crippen LogP) is 2.04. The van der Waals surface area contributed by atoms with Crippen LogP contribution in [0.15, 0.2) is 12.3 Å². The zero-order valence-corrected chi connectivity index (χ0v) is 11.1. The third-order valence-electron chi connectivity index (χ3n) is 3.63. The summed E-state index contributed by atoms with van der Waals surface area (Å²) in [5, 5.41) is 20.2. The molecular weight excluding hydrogens is 246 g/mol. The van der Waals surface area contributed by atoms with E-state index in [1.807, 2.05) is 4.90 Å². The van der Waals surface area contributed by atoms with Crippen molar-refractivity contribution in [3.05, 3.63) is 27.9 Å². The molecule has 1 aromatic rings. The van der Waals surface area contributed by atoms with Crippen molar-refractivity contribution in [3.8, 4) is 0 Å². The molecule has 19 heavy (non-hydrogen) atoms. The Hall–Kier alpha value is -1.69. The monoisotopic (exact) mass is 265 g/mol. The maximum atomic E-state index is 11.2. The lowest BCUT2D eigenvalue weighted by molar-refractivity contribution is -0.385. The first kappa shape index (κ1) is 13.7. The van der Waals surface area contributed by atoms with Gasteiger partial charge in [0.05, 0.1) is 4.92 Å². The molecule has 104 valence electrons. The van der Waals surface area contributed by atoms with E-state index in [-0.39, 0.29) is 17.2 Å². The molecule has 0 aliphatic heterocycles. The number of pyridine rings is 1. The highest BCUT2D eigenvalue weighted by atomic mass is 16.6. The molecule has 1 fully saturated rings. The third-order valence-corrected chi connectivity index (χ3v) is 3.63. The normalized spacial score (nSPS) is 15.1. The molecule has 0 radical (unpaired) electrons. The molecule has 6 heteroatoms. The number of nitro groups is 1. The molecule has 1 heterocycles. The Labute approximate surface area is 112 Å². The van der Waals surface area contributed by atoms with Crippen molar-refractivity contribution in [1.82, 2.24) is 4.98 Å². The molecule has 1 aliphatic rings. The van der Waals surface area contributed by atoms with E-state index in [0.29, 0.717) is 30.4 Å². The molecule has 1 aromatic heterocycles. The van der Waals surface area contributed by atoms with Gasteiger partial charge >= 0.3 is 5.69 Å². The molecule has 0 saturated heterocycles. The second kappa shape index (κ2) is 5.97. The molecule has 0 unspecified atom stereocenters. The third kappa shape index (κ3) is 2.84. The van der Waals surface area contributed by atoms with Crippen molar-refractivity contribution in [1.29, 1.82) is 0 Å². The van der Waals surface area contributed by atoms with E-state index in [1.165, 1.54) is 0 Å². The van der Waals surface area contributed by atoms with Gasteiger partial charge in [-0.25, -0.2) is 4.98 Å². The minimum Gasteiger partial charge on any atom is -0.396 e. The average molecular weight is 265 g/mol. The van der Waals surface area contributed by atoms with Crippen molar-refractivity contribution < 1.29 is 10.0 Å². The molecule has 6 nitrogen and oxygen atoms in total. The lowest BCUT2D eigenvalue weighted by atomic mass is 9.91. The van der Waals surface area contributed by atoms with Crippen LogP contribution < -0.4 is 4.90 Å². The number of aliphatic hydroxyl groups is 1.